The molecule has 1 fully saturated rings. The number of terminal acetylenes is 1. The number of hydrogen-bond donors (Lipinski definition) is 2. The van der Waals surface area contributed by atoms with E-state index >= 15 is 0 Å². The minimum absolute atomic E-state index is 0.0972. The lowest BCUT2D eigenvalue weighted by Crippen LogP contribution is -2.51. The van der Waals surface area contributed by atoms with Gasteiger partial charge in [-0.05, 0) is 60.8 Å². The number of ether oxygens (including phenoxy) is 4. The molecule has 1 heterocycles. The number of likely N-dealkylation sites (tertiary alicyclic amines) is 1. The van der Waals surface area contributed by atoms with Gasteiger partial charge in [0.1, 0.15) is 23.3 Å². The van der Waals surface area contributed by atoms with E-state index in [-0.39, 0.29) is 18.7 Å². The van der Waals surface area contributed by atoms with Crippen molar-refractivity contribution in [3.05, 3.63) is 0 Å². The molecule has 35 heavy (non-hydrogen) atoms. The summed E-state index contributed by atoms with van der Waals surface area (Å²) in [6.45, 7) is 13.6. The van der Waals surface area contributed by atoms with Crippen LogP contribution in [0, 0.1) is 18.3 Å². The van der Waals surface area contributed by atoms with Crippen LogP contribution in [0.15, 0.2) is 0 Å². The molecule has 1 saturated heterocycles. The van der Waals surface area contributed by atoms with Crippen molar-refractivity contribution in [2.45, 2.75) is 117 Å². The van der Waals surface area contributed by atoms with Gasteiger partial charge in [0.15, 0.2) is 0 Å². The van der Waals surface area contributed by atoms with Crippen molar-refractivity contribution in [1.29, 1.82) is 0 Å². The van der Waals surface area contributed by atoms with Gasteiger partial charge in [-0.1, -0.05) is 12.8 Å². The molecule has 0 radical (unpaired) electrons. The van der Waals surface area contributed by atoms with Crippen molar-refractivity contribution in [2.75, 3.05) is 7.11 Å². The average molecular weight is 499 g/mol. The Hall–Kier alpha value is -2.35. The van der Waals surface area contributed by atoms with Crippen molar-refractivity contribution in [3.8, 4) is 12.3 Å². The summed E-state index contributed by atoms with van der Waals surface area (Å²) in [5.74, 6) is 0.741. The minimum Gasteiger partial charge on any atom is -0.458 e. The standard InChI is InChI=1S/C25H42N2O8/c1-11-16(33-22(32-10)26-15(3)28)13-18-17(20(29)12-2)14-19(21(30)34-24(4,5)6)27(18)23(31)35-25(7,8)9/h2,16-20,22,29H,11,13-14H2,1,3-10H3,(H,26,28)/t16-,17-,18?,19-,20+,22?/m1/s1. The summed E-state index contributed by atoms with van der Waals surface area (Å²) in [6, 6.07) is -1.71. The highest BCUT2D eigenvalue weighted by molar-refractivity contribution is 5.83. The molecule has 6 atom stereocenters. The smallest absolute Gasteiger partial charge is 0.411 e. The van der Waals surface area contributed by atoms with E-state index in [1.807, 2.05) is 6.92 Å². The number of amides is 2. The van der Waals surface area contributed by atoms with Gasteiger partial charge in [0.25, 0.3) is 0 Å². The van der Waals surface area contributed by atoms with Crippen LogP contribution in [0.25, 0.3) is 0 Å². The van der Waals surface area contributed by atoms with Crippen molar-refractivity contribution in [3.63, 3.8) is 0 Å². The number of esters is 1. The molecule has 1 aliphatic rings. The number of carbonyl (C=O) groups excluding carboxylic acids is 3. The Bertz CT molecular complexity index is 780. The fourth-order valence-corrected chi connectivity index (χ4v) is 3.95. The summed E-state index contributed by atoms with van der Waals surface area (Å²) in [6.07, 6.45) is 2.88. The molecule has 10 heteroatoms. The third kappa shape index (κ3) is 9.67. The van der Waals surface area contributed by atoms with E-state index in [0.717, 1.165) is 0 Å². The molecule has 1 rings (SSSR count). The highest BCUT2D eigenvalue weighted by Crippen LogP contribution is 2.38. The zero-order valence-corrected chi connectivity index (χ0v) is 22.4. The molecule has 2 N–H and O–H groups in total. The fraction of sp³-hybridized carbons (Fsp3) is 0.800. The van der Waals surface area contributed by atoms with Gasteiger partial charge in [0, 0.05) is 26.0 Å². The van der Waals surface area contributed by atoms with Gasteiger partial charge in [-0.25, -0.2) is 9.59 Å². The number of nitrogens with zero attached hydrogens (tertiary/aromatic N) is 1. The molecule has 0 bridgehead atoms. The summed E-state index contributed by atoms with van der Waals surface area (Å²) < 4.78 is 22.3. The number of carbonyl (C=O) groups is 3. The number of methoxy groups -OCH3 is 1. The van der Waals surface area contributed by atoms with Crippen LogP contribution in [0.2, 0.25) is 0 Å². The fourth-order valence-electron chi connectivity index (χ4n) is 3.95. The second kappa shape index (κ2) is 12.6. The molecule has 0 spiro atoms. The Kier molecular flexibility index (Phi) is 11.0. The topological polar surface area (TPSA) is 124 Å². The number of hydrogen-bond acceptors (Lipinski definition) is 8. The quantitative estimate of drug-likeness (QED) is 0.282. The maximum Gasteiger partial charge on any atom is 0.411 e. The normalized spacial score (nSPS) is 23.1. The summed E-state index contributed by atoms with van der Waals surface area (Å²) in [7, 11) is 1.39. The van der Waals surface area contributed by atoms with Gasteiger partial charge in [-0.2, -0.15) is 0 Å². The van der Waals surface area contributed by atoms with E-state index in [1.54, 1.807) is 41.5 Å². The van der Waals surface area contributed by atoms with Crippen molar-refractivity contribution >= 4 is 18.0 Å². The molecule has 0 aromatic heterocycles. The highest BCUT2D eigenvalue weighted by atomic mass is 16.7. The largest absolute Gasteiger partial charge is 0.458 e. The van der Waals surface area contributed by atoms with Crippen LogP contribution in [-0.2, 0) is 28.5 Å². The number of aliphatic hydroxyl groups excluding tert-OH is 1. The zero-order chi connectivity index (χ0) is 27.1. The lowest BCUT2D eigenvalue weighted by Gasteiger charge is -2.36. The lowest BCUT2D eigenvalue weighted by molar-refractivity contribution is -0.182. The summed E-state index contributed by atoms with van der Waals surface area (Å²) in [4.78, 5) is 39.3. The predicted octanol–water partition coefficient (Wildman–Crippen LogP) is 2.57. The van der Waals surface area contributed by atoms with Gasteiger partial charge in [0.2, 0.25) is 12.3 Å². The van der Waals surface area contributed by atoms with Crippen LogP contribution >= 0.6 is 0 Å². The Morgan fingerprint density at radius 2 is 1.71 bits per heavy atom. The number of aliphatic hydroxyl groups is 1. The first-order valence-electron chi connectivity index (χ1n) is 11.9. The van der Waals surface area contributed by atoms with Crippen LogP contribution in [0.1, 0.15) is 74.7 Å². The van der Waals surface area contributed by atoms with E-state index in [2.05, 4.69) is 11.2 Å². The van der Waals surface area contributed by atoms with Crippen molar-refractivity contribution in [1.82, 2.24) is 10.2 Å². The Labute approximate surface area is 209 Å². The monoisotopic (exact) mass is 498 g/mol. The molecular formula is C25H42N2O8. The first kappa shape index (κ1) is 30.7. The number of nitrogens with one attached hydrogen (secondary N) is 1. The molecule has 10 nitrogen and oxygen atoms in total. The SMILES string of the molecule is C#C[C@H](O)[C@@H]1C[C@H](C(=O)OC(C)(C)C)N(C(=O)OC(C)(C)C)C1C[C@@H](CC)OC(NC(C)=O)OC. The van der Waals surface area contributed by atoms with Crippen molar-refractivity contribution < 1.29 is 38.4 Å². The van der Waals surface area contributed by atoms with E-state index in [4.69, 9.17) is 25.4 Å². The van der Waals surface area contributed by atoms with Crippen LogP contribution in [0.4, 0.5) is 4.79 Å². The van der Waals surface area contributed by atoms with Crippen molar-refractivity contribution in [2.24, 2.45) is 5.92 Å². The first-order valence-corrected chi connectivity index (χ1v) is 11.9. The molecule has 200 valence electrons. The van der Waals surface area contributed by atoms with E-state index < -0.39 is 59.9 Å². The molecule has 2 unspecified atom stereocenters. The Morgan fingerprint density at radius 1 is 1.14 bits per heavy atom. The van der Waals surface area contributed by atoms with Gasteiger partial charge in [-0.15, -0.1) is 6.42 Å². The summed E-state index contributed by atoms with van der Waals surface area (Å²) in [5, 5.41) is 13.2. The van der Waals surface area contributed by atoms with Crippen LogP contribution in [0.5, 0.6) is 0 Å². The Balaban J connectivity index is 3.39. The highest BCUT2D eigenvalue weighted by Gasteiger charge is 2.52. The molecule has 0 saturated carbocycles. The minimum atomic E-state index is -1.22. The molecular weight excluding hydrogens is 456 g/mol. The molecule has 1 aliphatic heterocycles. The third-order valence-electron chi connectivity index (χ3n) is 5.35. The van der Waals surface area contributed by atoms with Gasteiger partial charge < -0.3 is 29.4 Å². The predicted molar refractivity (Wildman–Crippen MR) is 129 cm³/mol. The average Bonchev–Trinajstić information content (AvgIpc) is 3.08. The summed E-state index contributed by atoms with van der Waals surface area (Å²) in [5.41, 5.74) is -1.61. The first-order chi connectivity index (χ1) is 16.0. The lowest BCUT2D eigenvalue weighted by atomic mass is 9.89. The van der Waals surface area contributed by atoms with E-state index in [1.165, 1.54) is 18.9 Å². The molecule has 0 aromatic carbocycles. The van der Waals surface area contributed by atoms with Gasteiger partial charge in [0.05, 0.1) is 6.10 Å². The second-order valence-electron chi connectivity index (χ2n) is 10.7. The maximum atomic E-state index is 13.3. The second-order valence-corrected chi connectivity index (χ2v) is 10.7. The molecule has 0 aliphatic carbocycles. The molecule has 2 amide bonds. The van der Waals surface area contributed by atoms with Gasteiger partial charge in [-0.3, -0.25) is 9.69 Å². The van der Waals surface area contributed by atoms with Crippen LogP contribution < -0.4 is 5.32 Å². The third-order valence-corrected chi connectivity index (χ3v) is 5.35. The molecule has 0 aromatic rings. The Morgan fingerprint density at radius 3 is 2.14 bits per heavy atom. The van der Waals surface area contributed by atoms with E-state index in [9.17, 15) is 19.5 Å². The summed E-state index contributed by atoms with van der Waals surface area (Å²) >= 11 is 0. The van der Waals surface area contributed by atoms with Crippen LogP contribution in [0.3, 0.4) is 0 Å². The van der Waals surface area contributed by atoms with Crippen LogP contribution in [-0.4, -0.2) is 77.0 Å². The number of rotatable bonds is 9. The maximum absolute atomic E-state index is 13.3. The van der Waals surface area contributed by atoms with E-state index in [0.29, 0.717) is 6.42 Å². The van der Waals surface area contributed by atoms with Gasteiger partial charge >= 0.3 is 12.1 Å². The zero-order valence-electron chi connectivity index (χ0n) is 22.4.